The smallest absolute Gasteiger partial charge is 0.422 e. The van der Waals surface area contributed by atoms with Crippen LogP contribution in [0.5, 0.6) is 5.75 Å². The van der Waals surface area contributed by atoms with E-state index in [-0.39, 0.29) is 11.0 Å². The fourth-order valence-corrected chi connectivity index (χ4v) is 4.77. The molecule has 0 spiro atoms. The molecule has 0 bridgehead atoms. The zero-order chi connectivity index (χ0) is 26.5. The van der Waals surface area contributed by atoms with Crippen molar-refractivity contribution in [2.75, 3.05) is 24.6 Å². The summed E-state index contributed by atoms with van der Waals surface area (Å²) in [7, 11) is -4.71. The monoisotopic (exact) mass is 528 g/mol. The number of amides is 1. The largest absolute Gasteiger partial charge is 0.483 e. The van der Waals surface area contributed by atoms with Crippen LogP contribution in [0.1, 0.15) is 43.3 Å². The lowest BCUT2D eigenvalue weighted by atomic mass is 9.87. The van der Waals surface area contributed by atoms with Crippen molar-refractivity contribution in [1.82, 2.24) is 4.72 Å². The van der Waals surface area contributed by atoms with E-state index in [9.17, 15) is 30.8 Å². The highest BCUT2D eigenvalue weighted by molar-refractivity contribution is 7.90. The number of alkyl halides is 3. The number of halogens is 4. The summed E-state index contributed by atoms with van der Waals surface area (Å²) in [5.74, 6) is -2.90. The third kappa shape index (κ3) is 5.43. The predicted molar refractivity (Wildman–Crippen MR) is 124 cm³/mol. The molecule has 2 aromatic carbocycles. The molecule has 1 aliphatic rings. The van der Waals surface area contributed by atoms with E-state index in [0.717, 1.165) is 37.7 Å². The van der Waals surface area contributed by atoms with E-state index in [1.807, 2.05) is 4.90 Å². The lowest BCUT2D eigenvalue weighted by Crippen LogP contribution is -2.36. The average Bonchev–Trinajstić information content (AvgIpc) is 3.14. The molecule has 2 heterocycles. The second-order valence-electron chi connectivity index (χ2n) is 9.54. The van der Waals surface area contributed by atoms with E-state index in [0.29, 0.717) is 11.3 Å². The number of nitrogens with one attached hydrogen (secondary N) is 1. The van der Waals surface area contributed by atoms with Crippen LogP contribution < -0.4 is 14.4 Å². The molecule has 1 aliphatic heterocycles. The number of ether oxygens (including phenoxy) is 1. The van der Waals surface area contributed by atoms with Crippen LogP contribution in [-0.2, 0) is 15.4 Å². The molecule has 1 N–H and O–H groups in total. The molecule has 1 amide bonds. The normalized spacial score (nSPS) is 14.6. The molecule has 1 saturated heterocycles. The number of anilines is 1. The standard InChI is InChI=1S/C24H24F4N2O5S/c1-23(2,3)14-5-6-18(34-13-24(26,27)28)21(9-14)36(32,33)29-22(31)20-12-16-17(25)10-15(11-19(16)35-20)30-7-4-8-30/h5-6,9-12H,4,7-8,13H2,1-3H3,(H,29,31). The van der Waals surface area contributed by atoms with Gasteiger partial charge in [0.2, 0.25) is 0 Å². The van der Waals surface area contributed by atoms with Crippen LogP contribution in [0.3, 0.4) is 0 Å². The number of carbonyl (C=O) groups is 1. The van der Waals surface area contributed by atoms with Crippen molar-refractivity contribution in [3.05, 3.63) is 53.5 Å². The molecule has 1 fully saturated rings. The second-order valence-corrected chi connectivity index (χ2v) is 11.2. The van der Waals surface area contributed by atoms with Gasteiger partial charge in [-0.1, -0.05) is 26.8 Å². The Morgan fingerprint density at radius 2 is 1.81 bits per heavy atom. The molecule has 0 atom stereocenters. The maximum absolute atomic E-state index is 14.6. The molecule has 0 unspecified atom stereocenters. The van der Waals surface area contributed by atoms with E-state index >= 15 is 0 Å². The Balaban J connectivity index is 1.66. The Morgan fingerprint density at radius 1 is 1.11 bits per heavy atom. The van der Waals surface area contributed by atoms with Gasteiger partial charge in [0, 0.05) is 30.9 Å². The van der Waals surface area contributed by atoms with Crippen LogP contribution in [0.4, 0.5) is 23.2 Å². The number of sulfonamides is 1. The van der Waals surface area contributed by atoms with Gasteiger partial charge in [-0.25, -0.2) is 17.5 Å². The Hall–Kier alpha value is -3.28. The Bertz CT molecular complexity index is 1420. The summed E-state index contributed by atoms with van der Waals surface area (Å²) in [6, 6.07) is 7.64. The van der Waals surface area contributed by atoms with Crippen molar-refractivity contribution in [3.63, 3.8) is 0 Å². The van der Waals surface area contributed by atoms with E-state index in [1.54, 1.807) is 31.6 Å². The minimum absolute atomic E-state index is 0.00856. The summed E-state index contributed by atoms with van der Waals surface area (Å²) in [4.78, 5) is 14.0. The van der Waals surface area contributed by atoms with Crippen LogP contribution >= 0.6 is 0 Å². The van der Waals surface area contributed by atoms with Crippen LogP contribution in [0.2, 0.25) is 0 Å². The number of carbonyl (C=O) groups excluding carboxylic acids is 1. The van der Waals surface area contributed by atoms with Crippen LogP contribution in [-0.4, -0.2) is 40.2 Å². The molecule has 12 heteroatoms. The fraction of sp³-hybridized carbons (Fsp3) is 0.375. The van der Waals surface area contributed by atoms with E-state index in [2.05, 4.69) is 0 Å². The maximum Gasteiger partial charge on any atom is 0.422 e. The van der Waals surface area contributed by atoms with E-state index < -0.39 is 56.4 Å². The zero-order valence-corrected chi connectivity index (χ0v) is 20.5. The molecule has 194 valence electrons. The first kappa shape index (κ1) is 25.8. The van der Waals surface area contributed by atoms with Crippen LogP contribution in [0.25, 0.3) is 11.0 Å². The topological polar surface area (TPSA) is 88.8 Å². The number of benzene rings is 2. The summed E-state index contributed by atoms with van der Waals surface area (Å²) < 4.78 is 90.9. The molecule has 0 aliphatic carbocycles. The summed E-state index contributed by atoms with van der Waals surface area (Å²) >= 11 is 0. The Labute approximate surface area is 205 Å². The molecule has 7 nitrogen and oxygen atoms in total. The molecular weight excluding hydrogens is 504 g/mol. The number of nitrogens with zero attached hydrogens (tertiary/aromatic N) is 1. The Morgan fingerprint density at radius 3 is 2.39 bits per heavy atom. The third-order valence-corrected chi connectivity index (χ3v) is 7.09. The van der Waals surface area contributed by atoms with Gasteiger partial charge in [-0.3, -0.25) is 4.79 Å². The molecule has 1 aromatic heterocycles. The van der Waals surface area contributed by atoms with Crippen molar-refractivity contribution in [2.24, 2.45) is 0 Å². The minimum atomic E-state index is -4.71. The van der Waals surface area contributed by atoms with Crippen molar-refractivity contribution in [1.29, 1.82) is 0 Å². The SMILES string of the molecule is CC(C)(C)c1ccc(OCC(F)(F)F)c(S(=O)(=O)NC(=O)c2cc3c(F)cc(N4CCC4)cc3o2)c1. The Kier molecular flexibility index (Phi) is 6.44. The molecule has 0 saturated carbocycles. The highest BCUT2D eigenvalue weighted by atomic mass is 32.2. The summed E-state index contributed by atoms with van der Waals surface area (Å²) in [6.45, 7) is 5.13. The number of fused-ring (bicyclic) bond motifs is 1. The summed E-state index contributed by atoms with van der Waals surface area (Å²) in [5.41, 5.74) is 0.564. The first-order chi connectivity index (χ1) is 16.6. The first-order valence-corrected chi connectivity index (χ1v) is 12.5. The number of hydrogen-bond acceptors (Lipinski definition) is 6. The van der Waals surface area contributed by atoms with Crippen molar-refractivity contribution in [3.8, 4) is 5.75 Å². The highest BCUT2D eigenvalue weighted by Crippen LogP contribution is 2.33. The summed E-state index contributed by atoms with van der Waals surface area (Å²) in [5, 5.41) is -0.00856. The van der Waals surface area contributed by atoms with Gasteiger partial charge in [0.15, 0.2) is 12.4 Å². The predicted octanol–water partition coefficient (Wildman–Crippen LogP) is 5.14. The fourth-order valence-electron chi connectivity index (χ4n) is 3.64. The van der Waals surface area contributed by atoms with Gasteiger partial charge in [-0.15, -0.1) is 0 Å². The van der Waals surface area contributed by atoms with Crippen molar-refractivity contribution < 1.29 is 39.9 Å². The number of hydrogen-bond donors (Lipinski definition) is 1. The lowest BCUT2D eigenvalue weighted by molar-refractivity contribution is -0.153. The molecule has 3 aromatic rings. The van der Waals surface area contributed by atoms with E-state index in [1.165, 1.54) is 12.1 Å². The van der Waals surface area contributed by atoms with Gasteiger partial charge in [0.25, 0.3) is 10.0 Å². The molecule has 36 heavy (non-hydrogen) atoms. The first-order valence-electron chi connectivity index (χ1n) is 11.0. The lowest BCUT2D eigenvalue weighted by Gasteiger charge is -2.33. The van der Waals surface area contributed by atoms with Crippen molar-refractivity contribution >= 4 is 32.6 Å². The van der Waals surface area contributed by atoms with Gasteiger partial charge in [0.1, 0.15) is 22.0 Å². The second kappa shape index (κ2) is 8.99. The quantitative estimate of drug-likeness (QED) is 0.446. The maximum atomic E-state index is 14.6. The third-order valence-electron chi connectivity index (χ3n) is 5.73. The van der Waals surface area contributed by atoms with Crippen molar-refractivity contribution in [2.45, 2.75) is 43.7 Å². The number of furan rings is 1. The summed E-state index contributed by atoms with van der Waals surface area (Å²) in [6.07, 6.45) is -3.74. The zero-order valence-electron chi connectivity index (χ0n) is 19.7. The van der Waals surface area contributed by atoms with Crippen LogP contribution in [0, 0.1) is 5.82 Å². The van der Waals surface area contributed by atoms with E-state index in [4.69, 9.17) is 9.15 Å². The van der Waals surface area contributed by atoms with Crippen LogP contribution in [0.15, 0.2) is 45.7 Å². The van der Waals surface area contributed by atoms with Gasteiger partial charge >= 0.3 is 12.1 Å². The van der Waals surface area contributed by atoms with Gasteiger partial charge in [-0.05, 0) is 35.6 Å². The molecule has 4 rings (SSSR count). The minimum Gasteiger partial charge on any atom is -0.483 e. The average molecular weight is 529 g/mol. The number of rotatable bonds is 6. The van der Waals surface area contributed by atoms with Gasteiger partial charge < -0.3 is 14.1 Å². The van der Waals surface area contributed by atoms with Gasteiger partial charge in [0.05, 0.1) is 5.39 Å². The van der Waals surface area contributed by atoms with Gasteiger partial charge in [-0.2, -0.15) is 13.2 Å². The molecular formula is C24H24F4N2O5S. The molecule has 0 radical (unpaired) electrons. The highest BCUT2D eigenvalue weighted by Gasteiger charge is 2.32.